The van der Waals surface area contributed by atoms with Crippen molar-refractivity contribution in [3.8, 4) is 0 Å². The fourth-order valence-corrected chi connectivity index (χ4v) is 3.77. The molecule has 1 aliphatic heterocycles. The zero-order chi connectivity index (χ0) is 14.1. The summed E-state index contributed by atoms with van der Waals surface area (Å²) in [4.78, 5) is 15.1. The average molecular weight is 355 g/mol. The van der Waals surface area contributed by atoms with E-state index < -0.39 is 0 Å². The van der Waals surface area contributed by atoms with Gasteiger partial charge < -0.3 is 15.4 Å². The van der Waals surface area contributed by atoms with Crippen LogP contribution < -0.4 is 5.73 Å². The normalized spacial score (nSPS) is 16.4. The first-order chi connectivity index (χ1) is 9.66. The highest BCUT2D eigenvalue weighted by Gasteiger charge is 2.22. The molecule has 0 aliphatic carbocycles. The van der Waals surface area contributed by atoms with E-state index in [1.165, 1.54) is 11.3 Å². The number of amides is 1. The third-order valence-electron chi connectivity index (χ3n) is 3.39. The molecule has 0 unspecified atom stereocenters. The summed E-state index contributed by atoms with van der Waals surface area (Å²) in [6.07, 6.45) is 0.877. The maximum atomic E-state index is 12.6. The van der Waals surface area contributed by atoms with Crippen molar-refractivity contribution < 1.29 is 9.53 Å². The van der Waals surface area contributed by atoms with Crippen LogP contribution in [0.1, 0.15) is 16.1 Å². The van der Waals surface area contributed by atoms with Gasteiger partial charge in [0.15, 0.2) is 0 Å². The zero-order valence-electron chi connectivity index (χ0n) is 10.9. The predicted molar refractivity (Wildman–Crippen MR) is 85.3 cm³/mol. The molecule has 0 radical (unpaired) electrons. The van der Waals surface area contributed by atoms with Gasteiger partial charge in [0.2, 0.25) is 0 Å². The lowest BCUT2D eigenvalue weighted by Gasteiger charge is -2.18. The van der Waals surface area contributed by atoms with Crippen LogP contribution in [0.5, 0.6) is 0 Å². The van der Waals surface area contributed by atoms with Crippen molar-refractivity contribution in [2.75, 3.05) is 32.0 Å². The maximum absolute atomic E-state index is 12.6. The summed E-state index contributed by atoms with van der Waals surface area (Å²) in [5.41, 5.74) is 6.75. The summed E-state index contributed by atoms with van der Waals surface area (Å²) < 4.78 is 7.40. The molecule has 2 aromatic rings. The van der Waals surface area contributed by atoms with Crippen LogP contribution >= 0.6 is 27.3 Å². The van der Waals surface area contributed by atoms with Gasteiger partial charge in [0.1, 0.15) is 4.88 Å². The Kier molecular flexibility index (Phi) is 3.96. The molecule has 6 heteroatoms. The van der Waals surface area contributed by atoms with Gasteiger partial charge in [-0.05, 0) is 24.6 Å². The third-order valence-corrected chi connectivity index (χ3v) is 5.06. The Morgan fingerprint density at radius 2 is 2.20 bits per heavy atom. The molecule has 1 fully saturated rings. The smallest absolute Gasteiger partial charge is 0.266 e. The van der Waals surface area contributed by atoms with E-state index in [2.05, 4.69) is 15.9 Å². The SMILES string of the molecule is Nc1c(C(=O)N2CCCOCC2)sc2ccc(Br)cc12. The van der Waals surface area contributed by atoms with E-state index in [0.717, 1.165) is 34.1 Å². The number of hydrogen-bond donors (Lipinski definition) is 1. The van der Waals surface area contributed by atoms with Gasteiger partial charge in [-0.3, -0.25) is 4.79 Å². The standard InChI is InChI=1S/C14H15BrN2O2S/c15-9-2-3-11-10(8-9)12(16)13(20-11)14(18)17-4-1-6-19-7-5-17/h2-3,8H,1,4-7,16H2. The molecule has 2 N–H and O–H groups in total. The lowest BCUT2D eigenvalue weighted by molar-refractivity contribution is 0.0747. The van der Waals surface area contributed by atoms with E-state index in [0.29, 0.717) is 23.7 Å². The van der Waals surface area contributed by atoms with Gasteiger partial charge in [-0.25, -0.2) is 0 Å². The minimum absolute atomic E-state index is 0.0188. The van der Waals surface area contributed by atoms with Crippen molar-refractivity contribution >= 4 is 48.9 Å². The first-order valence-electron chi connectivity index (χ1n) is 6.51. The Morgan fingerprint density at radius 1 is 1.35 bits per heavy atom. The number of halogens is 1. The number of rotatable bonds is 1. The average Bonchev–Trinajstić information content (AvgIpc) is 2.66. The Hall–Kier alpha value is -1.11. The molecule has 1 aromatic carbocycles. The van der Waals surface area contributed by atoms with E-state index in [4.69, 9.17) is 10.5 Å². The maximum Gasteiger partial charge on any atom is 0.266 e. The monoisotopic (exact) mass is 354 g/mol. The highest BCUT2D eigenvalue weighted by Crippen LogP contribution is 2.36. The molecule has 2 heterocycles. The van der Waals surface area contributed by atoms with Crippen molar-refractivity contribution in [1.29, 1.82) is 0 Å². The van der Waals surface area contributed by atoms with Crippen LogP contribution in [0.15, 0.2) is 22.7 Å². The Labute approximate surface area is 129 Å². The molecule has 0 bridgehead atoms. The molecular formula is C14H15BrN2O2S. The highest BCUT2D eigenvalue weighted by atomic mass is 79.9. The van der Waals surface area contributed by atoms with Crippen molar-refractivity contribution in [3.05, 3.63) is 27.5 Å². The number of ether oxygens (including phenoxy) is 1. The van der Waals surface area contributed by atoms with Crippen LogP contribution in [0.2, 0.25) is 0 Å². The minimum atomic E-state index is 0.0188. The lowest BCUT2D eigenvalue weighted by atomic mass is 10.2. The van der Waals surface area contributed by atoms with Crippen molar-refractivity contribution in [2.45, 2.75) is 6.42 Å². The third kappa shape index (κ3) is 2.55. The fourth-order valence-electron chi connectivity index (χ4n) is 2.34. The largest absolute Gasteiger partial charge is 0.397 e. The number of carbonyl (C=O) groups is 1. The first-order valence-corrected chi connectivity index (χ1v) is 8.12. The summed E-state index contributed by atoms with van der Waals surface area (Å²) in [5.74, 6) is 0.0188. The number of fused-ring (bicyclic) bond motifs is 1. The van der Waals surface area contributed by atoms with Gasteiger partial charge in [-0.2, -0.15) is 0 Å². The van der Waals surface area contributed by atoms with E-state index in [1.54, 1.807) is 0 Å². The number of hydrogen-bond acceptors (Lipinski definition) is 4. The number of benzene rings is 1. The second kappa shape index (κ2) is 5.71. The number of thiophene rings is 1. The van der Waals surface area contributed by atoms with Crippen LogP contribution in [-0.4, -0.2) is 37.1 Å². The summed E-state index contributed by atoms with van der Waals surface area (Å²) in [5, 5.41) is 0.943. The number of nitrogens with zero attached hydrogens (tertiary/aromatic N) is 1. The number of nitrogen functional groups attached to an aromatic ring is 1. The summed E-state index contributed by atoms with van der Waals surface area (Å²) in [6, 6.07) is 5.92. The Bertz CT molecular complexity index is 648. The highest BCUT2D eigenvalue weighted by molar-refractivity contribution is 9.10. The second-order valence-corrected chi connectivity index (χ2v) is 6.71. The van der Waals surface area contributed by atoms with Gasteiger partial charge in [0.25, 0.3) is 5.91 Å². The number of anilines is 1. The van der Waals surface area contributed by atoms with Gasteiger partial charge in [0.05, 0.1) is 12.3 Å². The van der Waals surface area contributed by atoms with Gasteiger partial charge >= 0.3 is 0 Å². The molecule has 106 valence electrons. The van der Waals surface area contributed by atoms with Gasteiger partial charge in [0, 0.05) is 34.3 Å². The molecule has 1 aromatic heterocycles. The van der Waals surface area contributed by atoms with Crippen LogP contribution in [0, 0.1) is 0 Å². The molecule has 1 saturated heterocycles. The van der Waals surface area contributed by atoms with Gasteiger partial charge in [-0.1, -0.05) is 15.9 Å². The molecule has 1 aliphatic rings. The van der Waals surface area contributed by atoms with Crippen molar-refractivity contribution in [3.63, 3.8) is 0 Å². The van der Waals surface area contributed by atoms with Crippen molar-refractivity contribution in [1.82, 2.24) is 4.90 Å². The van der Waals surface area contributed by atoms with E-state index in [9.17, 15) is 4.79 Å². The Morgan fingerprint density at radius 3 is 3.05 bits per heavy atom. The van der Waals surface area contributed by atoms with Crippen molar-refractivity contribution in [2.24, 2.45) is 0 Å². The molecule has 0 saturated carbocycles. The van der Waals surface area contributed by atoms with Crippen LogP contribution in [0.3, 0.4) is 0 Å². The van der Waals surface area contributed by atoms with E-state index in [-0.39, 0.29) is 5.91 Å². The summed E-state index contributed by atoms with van der Waals surface area (Å²) in [7, 11) is 0. The second-order valence-electron chi connectivity index (χ2n) is 4.74. The van der Waals surface area contributed by atoms with Crippen LogP contribution in [-0.2, 0) is 4.74 Å². The molecule has 4 nitrogen and oxygen atoms in total. The molecule has 0 atom stereocenters. The van der Waals surface area contributed by atoms with Crippen LogP contribution in [0.25, 0.3) is 10.1 Å². The Balaban J connectivity index is 1.96. The molecular weight excluding hydrogens is 340 g/mol. The molecule has 3 rings (SSSR count). The lowest BCUT2D eigenvalue weighted by Crippen LogP contribution is -2.33. The quantitative estimate of drug-likeness (QED) is 0.855. The minimum Gasteiger partial charge on any atom is -0.397 e. The first kappa shape index (κ1) is 13.9. The number of nitrogens with two attached hydrogens (primary N) is 1. The topological polar surface area (TPSA) is 55.6 Å². The zero-order valence-corrected chi connectivity index (χ0v) is 13.3. The van der Waals surface area contributed by atoms with E-state index >= 15 is 0 Å². The summed E-state index contributed by atoms with van der Waals surface area (Å²) in [6.45, 7) is 2.69. The molecule has 20 heavy (non-hydrogen) atoms. The number of carbonyl (C=O) groups excluding carboxylic acids is 1. The molecule has 0 spiro atoms. The summed E-state index contributed by atoms with van der Waals surface area (Å²) >= 11 is 4.90. The van der Waals surface area contributed by atoms with Crippen LogP contribution in [0.4, 0.5) is 5.69 Å². The van der Waals surface area contributed by atoms with Gasteiger partial charge in [-0.15, -0.1) is 11.3 Å². The fraction of sp³-hybridized carbons (Fsp3) is 0.357. The molecule has 1 amide bonds. The predicted octanol–water partition coefficient (Wildman–Crippen LogP) is 3.11. The van der Waals surface area contributed by atoms with E-state index in [1.807, 2.05) is 23.1 Å².